The monoisotopic (exact) mass is 115 g/mol. The van der Waals surface area contributed by atoms with Crippen LogP contribution in [-0.2, 0) is 0 Å². The highest BCUT2D eigenvalue weighted by Crippen LogP contribution is 2.12. The fourth-order valence-corrected chi connectivity index (χ4v) is 1.28. The van der Waals surface area contributed by atoms with Gasteiger partial charge in [0.25, 0.3) is 0 Å². The summed E-state index contributed by atoms with van der Waals surface area (Å²) < 4.78 is 0. The molecule has 0 saturated carbocycles. The highest BCUT2D eigenvalue weighted by Gasteiger charge is 2.16. The van der Waals surface area contributed by atoms with Crippen LogP contribution in [0.1, 0.15) is 28.1 Å². The maximum Gasteiger partial charge on any atom is 0.00905 e. The molecular formula is C7H17N. The molecule has 0 aliphatic carbocycles. The first-order valence-corrected chi connectivity index (χ1v) is 3.54. The van der Waals surface area contributed by atoms with Crippen molar-refractivity contribution < 1.29 is 1.43 Å². The average molecular weight is 115 g/mol. The molecular weight excluding hydrogens is 98.1 g/mol. The SMILES string of the molecule is CC(C)C1CCCN1.[HH]. The lowest BCUT2D eigenvalue weighted by Crippen LogP contribution is -2.26. The topological polar surface area (TPSA) is 12.0 Å². The summed E-state index contributed by atoms with van der Waals surface area (Å²) in [6.45, 7) is 5.80. The molecule has 1 heteroatoms. The third-order valence-corrected chi connectivity index (χ3v) is 1.90. The summed E-state index contributed by atoms with van der Waals surface area (Å²) in [6, 6.07) is 0.815. The minimum atomic E-state index is 0. The van der Waals surface area contributed by atoms with Crippen molar-refractivity contribution in [3.05, 3.63) is 0 Å². The first kappa shape index (κ1) is 6.09. The quantitative estimate of drug-likeness (QED) is 0.548. The van der Waals surface area contributed by atoms with Crippen LogP contribution in [0.3, 0.4) is 0 Å². The van der Waals surface area contributed by atoms with Crippen molar-refractivity contribution in [2.45, 2.75) is 32.7 Å². The average Bonchev–Trinajstić information content (AvgIpc) is 2.12. The second kappa shape index (κ2) is 2.49. The predicted molar refractivity (Wildman–Crippen MR) is 38.0 cm³/mol. The lowest BCUT2D eigenvalue weighted by Gasteiger charge is -2.12. The van der Waals surface area contributed by atoms with Crippen LogP contribution in [0.5, 0.6) is 0 Å². The molecule has 8 heavy (non-hydrogen) atoms. The Kier molecular flexibility index (Phi) is 1.90. The Bertz CT molecular complexity index is 67.3. The van der Waals surface area contributed by atoms with E-state index in [1.54, 1.807) is 0 Å². The summed E-state index contributed by atoms with van der Waals surface area (Å²) >= 11 is 0. The molecule has 0 bridgehead atoms. The van der Waals surface area contributed by atoms with Crippen LogP contribution in [0.2, 0.25) is 0 Å². The van der Waals surface area contributed by atoms with E-state index in [9.17, 15) is 0 Å². The van der Waals surface area contributed by atoms with Crippen LogP contribution >= 0.6 is 0 Å². The Morgan fingerprint density at radius 2 is 2.38 bits per heavy atom. The smallest absolute Gasteiger partial charge is 0.00905 e. The Labute approximate surface area is 53.0 Å². The van der Waals surface area contributed by atoms with Crippen LogP contribution in [0.15, 0.2) is 0 Å². The van der Waals surface area contributed by atoms with Crippen LogP contribution in [0, 0.1) is 5.92 Å². The lowest BCUT2D eigenvalue weighted by molar-refractivity contribution is 0.452. The molecule has 0 amide bonds. The van der Waals surface area contributed by atoms with Gasteiger partial charge in [0.2, 0.25) is 0 Å². The zero-order valence-electron chi connectivity index (χ0n) is 5.78. The first-order chi connectivity index (χ1) is 3.80. The Morgan fingerprint density at radius 3 is 2.62 bits per heavy atom. The molecule has 0 spiro atoms. The second-order valence-corrected chi connectivity index (χ2v) is 2.95. The van der Waals surface area contributed by atoms with Gasteiger partial charge in [0, 0.05) is 7.47 Å². The highest BCUT2D eigenvalue weighted by atomic mass is 14.9. The maximum atomic E-state index is 3.46. The van der Waals surface area contributed by atoms with Crippen LogP contribution in [0.25, 0.3) is 0 Å². The Balaban J connectivity index is 0.000000640. The van der Waals surface area contributed by atoms with Crippen molar-refractivity contribution in [1.82, 2.24) is 5.32 Å². The molecule has 0 radical (unpaired) electrons. The summed E-state index contributed by atoms with van der Waals surface area (Å²) in [4.78, 5) is 0. The van der Waals surface area contributed by atoms with Gasteiger partial charge in [-0.05, 0) is 25.3 Å². The van der Waals surface area contributed by atoms with E-state index >= 15 is 0 Å². The number of nitrogens with one attached hydrogen (secondary N) is 1. The van der Waals surface area contributed by atoms with E-state index in [1.165, 1.54) is 19.4 Å². The number of hydrogen-bond donors (Lipinski definition) is 1. The van der Waals surface area contributed by atoms with E-state index in [4.69, 9.17) is 0 Å². The summed E-state index contributed by atoms with van der Waals surface area (Å²) in [5, 5.41) is 3.46. The van der Waals surface area contributed by atoms with Gasteiger partial charge in [-0.1, -0.05) is 13.8 Å². The van der Waals surface area contributed by atoms with Gasteiger partial charge in [-0.2, -0.15) is 0 Å². The second-order valence-electron chi connectivity index (χ2n) is 2.95. The highest BCUT2D eigenvalue weighted by molar-refractivity contribution is 4.76. The van der Waals surface area contributed by atoms with Crippen molar-refractivity contribution in [1.29, 1.82) is 0 Å². The van der Waals surface area contributed by atoms with Gasteiger partial charge in [0.1, 0.15) is 0 Å². The van der Waals surface area contributed by atoms with Gasteiger partial charge in [-0.25, -0.2) is 0 Å². The molecule has 1 unspecified atom stereocenters. The van der Waals surface area contributed by atoms with Crippen molar-refractivity contribution in [2.24, 2.45) is 5.92 Å². The zero-order chi connectivity index (χ0) is 5.98. The molecule has 50 valence electrons. The van der Waals surface area contributed by atoms with E-state index in [0.29, 0.717) is 0 Å². The van der Waals surface area contributed by atoms with Gasteiger partial charge >= 0.3 is 0 Å². The molecule has 1 fully saturated rings. The molecule has 0 aromatic carbocycles. The van der Waals surface area contributed by atoms with E-state index in [1.807, 2.05) is 0 Å². The van der Waals surface area contributed by atoms with Crippen molar-refractivity contribution in [2.75, 3.05) is 6.54 Å². The molecule has 1 saturated heterocycles. The Morgan fingerprint density at radius 1 is 1.62 bits per heavy atom. The first-order valence-electron chi connectivity index (χ1n) is 3.54. The summed E-state index contributed by atoms with van der Waals surface area (Å²) in [5.74, 6) is 0.831. The molecule has 1 aliphatic heterocycles. The van der Waals surface area contributed by atoms with Crippen LogP contribution in [-0.4, -0.2) is 12.6 Å². The normalized spacial score (nSPS) is 29.6. The standard InChI is InChI=1S/C7H15N.H2/c1-6(2)7-4-3-5-8-7;/h6-8H,3-5H2,1-2H3;1H. The third-order valence-electron chi connectivity index (χ3n) is 1.90. The van der Waals surface area contributed by atoms with Gasteiger partial charge in [-0.3, -0.25) is 0 Å². The molecule has 1 atom stereocenters. The minimum absolute atomic E-state index is 0. The van der Waals surface area contributed by atoms with Crippen LogP contribution < -0.4 is 5.32 Å². The lowest BCUT2D eigenvalue weighted by atomic mass is 10.0. The summed E-state index contributed by atoms with van der Waals surface area (Å²) in [7, 11) is 0. The van der Waals surface area contributed by atoms with Gasteiger partial charge in [-0.15, -0.1) is 0 Å². The van der Waals surface area contributed by atoms with Crippen molar-refractivity contribution in [3.8, 4) is 0 Å². The summed E-state index contributed by atoms with van der Waals surface area (Å²) in [6.07, 6.45) is 2.76. The molecule has 1 nitrogen and oxygen atoms in total. The van der Waals surface area contributed by atoms with Gasteiger partial charge in [0.15, 0.2) is 0 Å². The van der Waals surface area contributed by atoms with E-state index in [2.05, 4.69) is 19.2 Å². The summed E-state index contributed by atoms with van der Waals surface area (Å²) in [5.41, 5.74) is 0. The van der Waals surface area contributed by atoms with Gasteiger partial charge < -0.3 is 5.32 Å². The molecule has 0 aromatic heterocycles. The van der Waals surface area contributed by atoms with Crippen molar-refractivity contribution >= 4 is 0 Å². The molecule has 1 N–H and O–H groups in total. The number of hydrogen-bond acceptors (Lipinski definition) is 1. The largest absolute Gasteiger partial charge is 0.314 e. The molecule has 1 aliphatic rings. The Hall–Kier alpha value is -0.0400. The predicted octanol–water partition coefficient (Wildman–Crippen LogP) is 1.64. The molecule has 1 rings (SSSR count). The fourth-order valence-electron chi connectivity index (χ4n) is 1.28. The zero-order valence-corrected chi connectivity index (χ0v) is 5.78. The third kappa shape index (κ3) is 1.22. The van der Waals surface area contributed by atoms with E-state index < -0.39 is 0 Å². The molecule has 0 aromatic rings. The van der Waals surface area contributed by atoms with Crippen molar-refractivity contribution in [3.63, 3.8) is 0 Å². The maximum absolute atomic E-state index is 3.46. The van der Waals surface area contributed by atoms with Crippen LogP contribution in [0.4, 0.5) is 0 Å². The van der Waals surface area contributed by atoms with Gasteiger partial charge in [0.05, 0.1) is 0 Å². The van der Waals surface area contributed by atoms with E-state index in [0.717, 1.165) is 12.0 Å². The number of rotatable bonds is 1. The minimum Gasteiger partial charge on any atom is -0.314 e. The fraction of sp³-hybridized carbons (Fsp3) is 1.00. The van der Waals surface area contributed by atoms with E-state index in [-0.39, 0.29) is 1.43 Å². The molecule has 1 heterocycles.